The van der Waals surface area contributed by atoms with Crippen molar-refractivity contribution in [2.75, 3.05) is 32.3 Å². The number of benzene rings is 1. The Morgan fingerprint density at radius 1 is 1.23 bits per heavy atom. The van der Waals surface area contributed by atoms with E-state index >= 15 is 0 Å². The van der Waals surface area contributed by atoms with Crippen LogP contribution < -0.4 is 26.4 Å². The molecule has 26 heavy (non-hydrogen) atoms. The van der Waals surface area contributed by atoms with Crippen molar-refractivity contribution >= 4 is 17.7 Å². The quantitative estimate of drug-likeness (QED) is 0.404. The molecular weight excluding hydrogens is 340 g/mol. The Morgan fingerprint density at radius 2 is 1.92 bits per heavy atom. The number of carbonyl (C=O) groups excluding carboxylic acids is 2. The fourth-order valence-electron chi connectivity index (χ4n) is 2.34. The monoisotopic (exact) mass is 366 g/mol. The van der Waals surface area contributed by atoms with Gasteiger partial charge in [-0.2, -0.15) is 0 Å². The first-order chi connectivity index (χ1) is 12.6. The molecule has 1 atom stereocenters. The normalized spacial score (nSPS) is 15.6. The van der Waals surface area contributed by atoms with Crippen LogP contribution in [0.4, 0.5) is 10.5 Å². The van der Waals surface area contributed by atoms with E-state index in [0.29, 0.717) is 0 Å². The van der Waals surface area contributed by atoms with Crippen LogP contribution >= 0.6 is 0 Å². The molecule has 1 aliphatic rings. The second-order valence-corrected chi connectivity index (χ2v) is 5.96. The molecule has 1 aromatic rings. The number of hydrogen-bond acceptors (Lipinski definition) is 7. The van der Waals surface area contributed by atoms with Crippen molar-refractivity contribution in [2.24, 2.45) is 5.92 Å². The van der Waals surface area contributed by atoms with Crippen LogP contribution in [-0.2, 0) is 14.3 Å². The molecule has 144 valence electrons. The van der Waals surface area contributed by atoms with E-state index in [9.17, 15) is 9.59 Å². The number of rotatable bonds is 8. The van der Waals surface area contributed by atoms with Gasteiger partial charge in [-0.1, -0.05) is 6.92 Å². The number of esters is 1. The number of nitrogens with one attached hydrogen (secondary N) is 4. The second-order valence-electron chi connectivity index (χ2n) is 5.96. The van der Waals surface area contributed by atoms with Crippen LogP contribution in [0.3, 0.4) is 0 Å². The number of amides is 2. The van der Waals surface area contributed by atoms with E-state index in [1.165, 1.54) is 7.11 Å². The van der Waals surface area contributed by atoms with E-state index in [1.54, 1.807) is 6.92 Å². The van der Waals surface area contributed by atoms with Crippen molar-refractivity contribution in [1.82, 2.24) is 16.3 Å². The summed E-state index contributed by atoms with van der Waals surface area (Å²) in [5, 5.41) is 2.55. The molecule has 1 aromatic carbocycles. The van der Waals surface area contributed by atoms with Crippen molar-refractivity contribution in [1.29, 1.82) is 0 Å². The molecule has 1 heterocycles. The summed E-state index contributed by atoms with van der Waals surface area (Å²) >= 11 is 0. The number of urea groups is 1. The van der Waals surface area contributed by atoms with Gasteiger partial charge >= 0.3 is 12.0 Å². The minimum atomic E-state index is -0.465. The lowest BCUT2D eigenvalue weighted by Gasteiger charge is -2.23. The molecule has 0 saturated carbocycles. The maximum atomic E-state index is 11.6. The maximum absolute atomic E-state index is 11.6. The van der Waals surface area contributed by atoms with Crippen LogP contribution in [0.25, 0.3) is 0 Å². The number of carbonyl (C=O) groups is 2. The molecule has 1 fully saturated rings. The number of hydrazine groups is 2. The van der Waals surface area contributed by atoms with Crippen molar-refractivity contribution < 1.29 is 23.8 Å². The fourth-order valence-corrected chi connectivity index (χ4v) is 2.34. The largest absolute Gasteiger partial charge is 0.490 e. The smallest absolute Gasteiger partial charge is 0.330 e. The van der Waals surface area contributed by atoms with Gasteiger partial charge in [0, 0.05) is 19.4 Å². The van der Waals surface area contributed by atoms with Crippen molar-refractivity contribution in [3.8, 4) is 5.75 Å². The summed E-state index contributed by atoms with van der Waals surface area (Å²) in [7, 11) is 1.31. The second kappa shape index (κ2) is 10.5. The van der Waals surface area contributed by atoms with Crippen LogP contribution in [0.1, 0.15) is 19.8 Å². The third-order valence-corrected chi connectivity index (χ3v) is 3.88. The lowest BCUT2D eigenvalue weighted by Crippen LogP contribution is -2.48. The molecule has 1 saturated heterocycles. The molecule has 0 spiro atoms. The average molecular weight is 366 g/mol. The van der Waals surface area contributed by atoms with Crippen LogP contribution in [0.2, 0.25) is 0 Å². The molecule has 2 rings (SSSR count). The third-order valence-electron chi connectivity index (χ3n) is 3.88. The highest BCUT2D eigenvalue weighted by atomic mass is 16.5. The molecule has 4 N–H and O–H groups in total. The van der Waals surface area contributed by atoms with Gasteiger partial charge in [-0.25, -0.2) is 4.79 Å². The third kappa shape index (κ3) is 6.77. The van der Waals surface area contributed by atoms with Gasteiger partial charge in [0.05, 0.1) is 31.9 Å². The average Bonchev–Trinajstić information content (AvgIpc) is 2.67. The number of ether oxygens (including phenoxy) is 3. The first-order valence-electron chi connectivity index (χ1n) is 8.55. The molecule has 0 aromatic heterocycles. The standard InChI is InChI=1S/C17H26N4O5/c1-12(16(22)24-2)11-18-17(23)20-21-19-13-3-5-14(6-4-13)26-15-7-9-25-10-8-15/h3-6,12,15,19,21H,7-11H2,1-2H3,(H2,18,20,23)/t12-/m0/s1. The molecule has 0 radical (unpaired) electrons. The lowest BCUT2D eigenvalue weighted by atomic mass is 10.1. The zero-order chi connectivity index (χ0) is 18.8. The predicted molar refractivity (Wildman–Crippen MR) is 95.4 cm³/mol. The zero-order valence-electron chi connectivity index (χ0n) is 15.0. The summed E-state index contributed by atoms with van der Waals surface area (Å²) in [4.78, 5) is 22.9. The molecule has 9 nitrogen and oxygen atoms in total. The molecule has 0 bridgehead atoms. The summed E-state index contributed by atoms with van der Waals surface area (Å²) in [6.07, 6.45) is 1.99. The predicted octanol–water partition coefficient (Wildman–Crippen LogP) is 1.18. The number of hydrogen-bond donors (Lipinski definition) is 4. The maximum Gasteiger partial charge on any atom is 0.330 e. The molecule has 1 aliphatic heterocycles. The molecule has 0 unspecified atom stereocenters. The summed E-state index contributed by atoms with van der Waals surface area (Å²) in [5.41, 5.74) is 8.59. The lowest BCUT2D eigenvalue weighted by molar-refractivity contribution is -0.144. The summed E-state index contributed by atoms with van der Waals surface area (Å²) < 4.78 is 15.8. The first-order valence-corrected chi connectivity index (χ1v) is 8.55. The highest BCUT2D eigenvalue weighted by molar-refractivity contribution is 5.76. The Kier molecular flexibility index (Phi) is 7.97. The van der Waals surface area contributed by atoms with E-state index in [0.717, 1.165) is 37.5 Å². The van der Waals surface area contributed by atoms with Crippen LogP contribution in [-0.4, -0.2) is 45.0 Å². The van der Waals surface area contributed by atoms with Gasteiger partial charge in [0.15, 0.2) is 0 Å². The van der Waals surface area contributed by atoms with Crippen LogP contribution in [0.5, 0.6) is 5.75 Å². The molecule has 9 heteroatoms. The molecular formula is C17H26N4O5. The highest BCUT2D eigenvalue weighted by Crippen LogP contribution is 2.19. The Balaban J connectivity index is 1.64. The van der Waals surface area contributed by atoms with Crippen LogP contribution in [0.15, 0.2) is 24.3 Å². The van der Waals surface area contributed by atoms with Gasteiger partial charge in [-0.15, -0.1) is 5.53 Å². The highest BCUT2D eigenvalue weighted by Gasteiger charge is 2.15. The first kappa shape index (κ1) is 19.8. The van der Waals surface area contributed by atoms with Gasteiger partial charge in [0.25, 0.3) is 0 Å². The van der Waals surface area contributed by atoms with E-state index < -0.39 is 11.9 Å². The number of anilines is 1. The van der Waals surface area contributed by atoms with Gasteiger partial charge in [-0.05, 0) is 24.3 Å². The minimum absolute atomic E-state index is 0.179. The Labute approximate surface area is 152 Å². The van der Waals surface area contributed by atoms with Crippen molar-refractivity contribution in [3.63, 3.8) is 0 Å². The summed E-state index contributed by atoms with van der Waals surface area (Å²) in [6, 6.07) is 6.92. The SMILES string of the molecule is COC(=O)[C@@H](C)CNC(=O)NNNc1ccc(OC2CCOCC2)cc1. The number of methoxy groups -OCH3 is 1. The van der Waals surface area contributed by atoms with Gasteiger partial charge in [0.1, 0.15) is 11.9 Å². The van der Waals surface area contributed by atoms with Crippen molar-refractivity contribution in [3.05, 3.63) is 24.3 Å². The Bertz CT molecular complexity index is 575. The van der Waals surface area contributed by atoms with Gasteiger partial charge in [-0.3, -0.25) is 10.2 Å². The van der Waals surface area contributed by atoms with E-state index in [-0.39, 0.29) is 18.6 Å². The van der Waals surface area contributed by atoms with Gasteiger partial charge in [0.2, 0.25) is 0 Å². The molecule has 0 aliphatic carbocycles. The summed E-state index contributed by atoms with van der Waals surface area (Å²) in [5.74, 6) is 0.00590. The fraction of sp³-hybridized carbons (Fsp3) is 0.529. The van der Waals surface area contributed by atoms with Crippen molar-refractivity contribution in [2.45, 2.75) is 25.9 Å². The van der Waals surface area contributed by atoms with E-state index in [1.807, 2.05) is 24.3 Å². The minimum Gasteiger partial charge on any atom is -0.490 e. The van der Waals surface area contributed by atoms with E-state index in [4.69, 9.17) is 9.47 Å². The topological polar surface area (TPSA) is 110 Å². The summed E-state index contributed by atoms with van der Waals surface area (Å²) in [6.45, 7) is 3.32. The Hall–Kier alpha value is -2.52. The van der Waals surface area contributed by atoms with Crippen LogP contribution in [0, 0.1) is 5.92 Å². The van der Waals surface area contributed by atoms with E-state index in [2.05, 4.69) is 26.4 Å². The Morgan fingerprint density at radius 3 is 2.58 bits per heavy atom. The van der Waals surface area contributed by atoms with Gasteiger partial charge < -0.3 is 25.0 Å². The zero-order valence-corrected chi connectivity index (χ0v) is 15.0. The molecule has 2 amide bonds.